The number of hydrogen-bond donors (Lipinski definition) is 1. The van der Waals surface area contributed by atoms with Gasteiger partial charge in [0, 0.05) is 17.1 Å². The number of nitrogens with zero attached hydrogens (tertiary/aromatic N) is 1. The summed E-state index contributed by atoms with van der Waals surface area (Å²) in [6.07, 6.45) is 10.2. The van der Waals surface area contributed by atoms with Gasteiger partial charge in [0.25, 0.3) is 0 Å². The number of unbranched alkanes of at least 4 members (excludes halogenated alkanes) is 3. The lowest BCUT2D eigenvalue weighted by molar-refractivity contribution is 0.513. The van der Waals surface area contributed by atoms with Crippen molar-refractivity contribution < 1.29 is 0 Å². The van der Waals surface area contributed by atoms with Gasteiger partial charge in [0.15, 0.2) is 0 Å². The van der Waals surface area contributed by atoms with Crippen molar-refractivity contribution in [3.63, 3.8) is 0 Å². The molecule has 0 saturated heterocycles. The molecule has 2 nitrogen and oxygen atoms in total. The Balaban J connectivity index is 2.29. The Morgan fingerprint density at radius 1 is 1.50 bits per heavy atom. The summed E-state index contributed by atoms with van der Waals surface area (Å²) in [7, 11) is 2.03. The summed E-state index contributed by atoms with van der Waals surface area (Å²) >= 11 is 1.80. The molecule has 1 heterocycles. The first-order chi connectivity index (χ1) is 7.77. The molecule has 0 aromatic carbocycles. The average molecular weight is 238 g/mol. The molecule has 0 fully saturated rings. The summed E-state index contributed by atoms with van der Waals surface area (Å²) in [5.74, 6) is 0. The van der Waals surface area contributed by atoms with Gasteiger partial charge in [0.05, 0.1) is 5.01 Å². The van der Waals surface area contributed by atoms with Gasteiger partial charge in [-0.25, -0.2) is 4.98 Å². The van der Waals surface area contributed by atoms with E-state index < -0.39 is 0 Å². The van der Waals surface area contributed by atoms with Crippen LogP contribution in [0.3, 0.4) is 0 Å². The number of nitrogens with one attached hydrogen (secondary N) is 1. The van der Waals surface area contributed by atoms with Gasteiger partial charge < -0.3 is 5.32 Å². The van der Waals surface area contributed by atoms with E-state index in [0.29, 0.717) is 6.04 Å². The maximum absolute atomic E-state index is 4.31. The molecule has 90 valence electrons. The van der Waals surface area contributed by atoms with Crippen molar-refractivity contribution in [3.05, 3.63) is 28.7 Å². The normalized spacial score (nSPS) is 12.6. The first-order valence-corrected chi connectivity index (χ1v) is 6.80. The van der Waals surface area contributed by atoms with Crippen LogP contribution in [0.4, 0.5) is 0 Å². The van der Waals surface area contributed by atoms with Crippen LogP contribution >= 0.6 is 11.3 Å². The van der Waals surface area contributed by atoms with Crippen LogP contribution in [0.2, 0.25) is 0 Å². The van der Waals surface area contributed by atoms with Gasteiger partial charge in [-0.15, -0.1) is 17.9 Å². The van der Waals surface area contributed by atoms with Gasteiger partial charge in [0.2, 0.25) is 0 Å². The zero-order valence-corrected chi connectivity index (χ0v) is 11.1. The van der Waals surface area contributed by atoms with Crippen molar-refractivity contribution in [3.8, 4) is 0 Å². The van der Waals surface area contributed by atoms with Crippen LogP contribution in [-0.2, 0) is 0 Å². The topological polar surface area (TPSA) is 24.9 Å². The second-order valence-electron chi connectivity index (χ2n) is 4.05. The smallest absolute Gasteiger partial charge is 0.0897 e. The summed E-state index contributed by atoms with van der Waals surface area (Å²) in [5.41, 5.74) is 0. The predicted octanol–water partition coefficient (Wildman–Crippen LogP) is 3.85. The summed E-state index contributed by atoms with van der Waals surface area (Å²) < 4.78 is 0. The molecule has 1 atom stereocenters. The molecular weight excluding hydrogens is 216 g/mol. The van der Waals surface area contributed by atoms with Crippen molar-refractivity contribution in [2.45, 2.75) is 45.1 Å². The minimum absolute atomic E-state index is 0.481. The predicted molar refractivity (Wildman–Crippen MR) is 71.9 cm³/mol. The standard InChI is InChI=1S/C13H22N2S/c1-4-5-6-7-8-9-12(14-3)13-10-15-11(2)16-13/h4,10,12,14H,1,5-9H2,2-3H3. The number of aryl methyl sites for hydroxylation is 1. The van der Waals surface area contributed by atoms with Crippen molar-refractivity contribution in [1.29, 1.82) is 0 Å². The molecular formula is C13H22N2S. The van der Waals surface area contributed by atoms with E-state index in [1.807, 2.05) is 19.3 Å². The van der Waals surface area contributed by atoms with Gasteiger partial charge in [0.1, 0.15) is 0 Å². The highest BCUT2D eigenvalue weighted by atomic mass is 32.1. The van der Waals surface area contributed by atoms with Gasteiger partial charge in [-0.3, -0.25) is 0 Å². The van der Waals surface area contributed by atoms with Crippen molar-refractivity contribution in [2.75, 3.05) is 7.05 Å². The third-order valence-corrected chi connectivity index (χ3v) is 3.76. The summed E-state index contributed by atoms with van der Waals surface area (Å²) in [5, 5.41) is 4.53. The maximum Gasteiger partial charge on any atom is 0.0897 e. The third-order valence-electron chi connectivity index (χ3n) is 2.73. The Labute approximate surface area is 103 Å². The van der Waals surface area contributed by atoms with Crippen LogP contribution in [-0.4, -0.2) is 12.0 Å². The number of thiazole rings is 1. The van der Waals surface area contributed by atoms with Crippen LogP contribution in [0, 0.1) is 6.92 Å². The zero-order valence-electron chi connectivity index (χ0n) is 10.3. The third kappa shape index (κ3) is 4.45. The van der Waals surface area contributed by atoms with E-state index in [2.05, 4.69) is 23.8 Å². The van der Waals surface area contributed by atoms with Crippen LogP contribution in [0.5, 0.6) is 0 Å². The molecule has 3 heteroatoms. The maximum atomic E-state index is 4.31. The fraction of sp³-hybridized carbons (Fsp3) is 0.615. The molecule has 0 aliphatic rings. The second-order valence-corrected chi connectivity index (χ2v) is 5.32. The SMILES string of the molecule is C=CCCCCCC(NC)c1cnc(C)s1. The summed E-state index contributed by atoms with van der Waals surface area (Å²) in [6.45, 7) is 5.80. The van der Waals surface area contributed by atoms with Crippen LogP contribution < -0.4 is 5.32 Å². The largest absolute Gasteiger partial charge is 0.312 e. The molecule has 0 aliphatic carbocycles. The van der Waals surface area contributed by atoms with Gasteiger partial charge in [-0.05, 0) is 33.2 Å². The molecule has 0 radical (unpaired) electrons. The second kappa shape index (κ2) is 7.58. The Morgan fingerprint density at radius 3 is 2.88 bits per heavy atom. The molecule has 1 unspecified atom stereocenters. The molecule has 0 bridgehead atoms. The van der Waals surface area contributed by atoms with Crippen molar-refractivity contribution >= 4 is 11.3 Å². The number of hydrogen-bond acceptors (Lipinski definition) is 3. The molecule has 1 aromatic rings. The van der Waals surface area contributed by atoms with Crippen LogP contribution in [0.25, 0.3) is 0 Å². The first kappa shape index (κ1) is 13.4. The fourth-order valence-corrected chi connectivity index (χ4v) is 2.71. The molecule has 0 aliphatic heterocycles. The number of aromatic nitrogens is 1. The van der Waals surface area contributed by atoms with E-state index in [1.54, 1.807) is 11.3 Å². The Hall–Kier alpha value is -0.670. The quantitative estimate of drug-likeness (QED) is 0.549. The summed E-state index contributed by atoms with van der Waals surface area (Å²) in [4.78, 5) is 5.67. The highest BCUT2D eigenvalue weighted by molar-refractivity contribution is 7.11. The fourth-order valence-electron chi connectivity index (χ4n) is 1.78. The van der Waals surface area contributed by atoms with Crippen molar-refractivity contribution in [1.82, 2.24) is 10.3 Å². The molecule has 1 N–H and O–H groups in total. The Kier molecular flexibility index (Phi) is 6.34. The molecule has 0 amide bonds. The molecule has 0 spiro atoms. The lowest BCUT2D eigenvalue weighted by Crippen LogP contribution is -2.14. The molecule has 0 saturated carbocycles. The lowest BCUT2D eigenvalue weighted by Gasteiger charge is -2.13. The van der Waals surface area contributed by atoms with Crippen molar-refractivity contribution in [2.24, 2.45) is 0 Å². The van der Waals surface area contributed by atoms with E-state index >= 15 is 0 Å². The van der Waals surface area contributed by atoms with E-state index in [4.69, 9.17) is 0 Å². The van der Waals surface area contributed by atoms with Crippen LogP contribution in [0.1, 0.15) is 48.0 Å². The lowest BCUT2D eigenvalue weighted by atomic mass is 10.1. The molecule has 16 heavy (non-hydrogen) atoms. The van der Waals surface area contributed by atoms with E-state index in [0.717, 1.165) is 11.4 Å². The monoisotopic (exact) mass is 238 g/mol. The highest BCUT2D eigenvalue weighted by Crippen LogP contribution is 2.24. The van der Waals surface area contributed by atoms with E-state index in [1.165, 1.54) is 30.6 Å². The van der Waals surface area contributed by atoms with Gasteiger partial charge >= 0.3 is 0 Å². The average Bonchev–Trinajstić information content (AvgIpc) is 2.70. The Morgan fingerprint density at radius 2 is 2.31 bits per heavy atom. The minimum Gasteiger partial charge on any atom is -0.312 e. The zero-order chi connectivity index (χ0) is 11.8. The summed E-state index contributed by atoms with van der Waals surface area (Å²) in [6, 6.07) is 0.481. The number of allylic oxidation sites excluding steroid dienone is 1. The Bertz CT molecular complexity index is 307. The van der Waals surface area contributed by atoms with Gasteiger partial charge in [-0.1, -0.05) is 18.9 Å². The van der Waals surface area contributed by atoms with Gasteiger partial charge in [-0.2, -0.15) is 0 Å². The van der Waals surface area contributed by atoms with Crippen LogP contribution in [0.15, 0.2) is 18.9 Å². The first-order valence-electron chi connectivity index (χ1n) is 5.98. The van der Waals surface area contributed by atoms with E-state index in [-0.39, 0.29) is 0 Å². The van der Waals surface area contributed by atoms with E-state index in [9.17, 15) is 0 Å². The molecule has 1 rings (SSSR count). The molecule has 1 aromatic heterocycles. The minimum atomic E-state index is 0.481. The number of rotatable bonds is 8. The highest BCUT2D eigenvalue weighted by Gasteiger charge is 2.11.